The normalized spacial score (nSPS) is 24.0. The summed E-state index contributed by atoms with van der Waals surface area (Å²) in [6.45, 7) is -0.284. The van der Waals surface area contributed by atoms with Gasteiger partial charge < -0.3 is 9.53 Å². The number of aromatic nitrogens is 1. The molecule has 1 unspecified atom stereocenters. The first-order valence-electron chi connectivity index (χ1n) is 12.1. The van der Waals surface area contributed by atoms with Crippen LogP contribution in [0.3, 0.4) is 0 Å². The zero-order valence-corrected chi connectivity index (χ0v) is 20.6. The fourth-order valence-electron chi connectivity index (χ4n) is 6.25. The van der Waals surface area contributed by atoms with Crippen molar-refractivity contribution in [1.29, 1.82) is 0 Å². The minimum Gasteiger partial charge on any atom is -0.473 e. The zero-order valence-electron chi connectivity index (χ0n) is 19.7. The van der Waals surface area contributed by atoms with Gasteiger partial charge in [0, 0.05) is 40.0 Å². The maximum atomic E-state index is 14.8. The Morgan fingerprint density at radius 2 is 1.55 bits per heavy atom. The lowest BCUT2D eigenvalue weighted by molar-refractivity contribution is -0.137. The maximum Gasteiger partial charge on any atom is 0.417 e. The van der Waals surface area contributed by atoms with Crippen LogP contribution in [0.25, 0.3) is 22.3 Å². The van der Waals surface area contributed by atoms with Crippen LogP contribution < -0.4 is 4.74 Å². The molecule has 4 aromatic rings. The van der Waals surface area contributed by atoms with Crippen molar-refractivity contribution in [2.24, 2.45) is 11.3 Å². The number of nitrogens with zero attached hydrogens (tertiary/aromatic N) is 1. The van der Waals surface area contributed by atoms with Gasteiger partial charge in [-0.25, -0.2) is 9.37 Å². The highest BCUT2D eigenvalue weighted by molar-refractivity contribution is 7.80. The highest BCUT2D eigenvalue weighted by Crippen LogP contribution is 2.95. The molecule has 4 atom stereocenters. The van der Waals surface area contributed by atoms with Gasteiger partial charge in [0.05, 0.1) is 5.56 Å². The summed E-state index contributed by atoms with van der Waals surface area (Å²) in [6.07, 6.45) is -2.01. The van der Waals surface area contributed by atoms with Gasteiger partial charge in [-0.3, -0.25) is 0 Å². The highest BCUT2D eigenvalue weighted by Gasteiger charge is 2.91. The number of hydrogen-bond donors (Lipinski definition) is 1. The maximum absolute atomic E-state index is 14.8. The predicted molar refractivity (Wildman–Crippen MR) is 136 cm³/mol. The van der Waals surface area contributed by atoms with Crippen molar-refractivity contribution in [2.45, 2.75) is 29.5 Å². The topological polar surface area (TPSA) is 39.2 Å². The second-order valence-corrected chi connectivity index (χ2v) is 10.7. The van der Waals surface area contributed by atoms with Gasteiger partial charge in [0.2, 0.25) is 5.88 Å². The summed E-state index contributed by atoms with van der Waals surface area (Å²) in [6, 6.07) is 17.6. The predicted octanol–water partition coefficient (Wildman–Crippen LogP) is 7.45. The molecule has 190 valence electrons. The Balaban J connectivity index is 1.17. The van der Waals surface area contributed by atoms with Crippen molar-refractivity contribution in [3.63, 3.8) is 0 Å². The summed E-state index contributed by atoms with van der Waals surface area (Å²) in [5.74, 6) is 0.0889. The van der Waals surface area contributed by atoms with Crippen LogP contribution in [0.15, 0.2) is 77.8 Å². The molecule has 3 aromatic carbocycles. The number of benzene rings is 3. The van der Waals surface area contributed by atoms with Crippen LogP contribution in [0.1, 0.15) is 34.1 Å². The molecule has 1 aromatic heterocycles. The summed E-state index contributed by atoms with van der Waals surface area (Å²) in [5, 5.41) is 0. The van der Waals surface area contributed by atoms with Gasteiger partial charge in [-0.1, -0.05) is 36.4 Å². The number of alkyl halides is 3. The number of ether oxygens (including phenoxy) is 1. The molecule has 0 N–H and O–H groups in total. The van der Waals surface area contributed by atoms with E-state index in [1.807, 2.05) is 24.3 Å². The highest BCUT2D eigenvalue weighted by atomic mass is 32.1. The lowest BCUT2D eigenvalue weighted by atomic mass is 9.94. The van der Waals surface area contributed by atoms with Crippen molar-refractivity contribution in [3.8, 4) is 28.1 Å². The molecule has 8 rings (SSSR count). The van der Waals surface area contributed by atoms with E-state index in [4.69, 9.17) is 4.74 Å². The molecule has 2 fully saturated rings. The standard InChI is InChI=1S/C30H19F4NO2S/c31-24-11-23(30(32,33)34)20(17-3-1-15(2-4-17)16-5-7-19(38)8-6-16)9-18(24)13-37-25-10-21-22(12-35-25)27-28-26(21)29(27,28)14-36/h1-12,14,26-28,38H,13H2/t26?,27-,28+,29+/m0/s1. The molecule has 2 saturated carbocycles. The summed E-state index contributed by atoms with van der Waals surface area (Å²) >= 11 is 4.27. The van der Waals surface area contributed by atoms with E-state index in [0.717, 1.165) is 33.4 Å². The van der Waals surface area contributed by atoms with E-state index >= 15 is 0 Å². The number of pyridine rings is 1. The molecule has 2 bridgehead atoms. The van der Waals surface area contributed by atoms with Crippen LogP contribution >= 0.6 is 12.6 Å². The molecule has 8 heteroatoms. The Morgan fingerprint density at radius 1 is 0.921 bits per heavy atom. The number of halogens is 4. The Hall–Kier alpha value is -3.65. The van der Waals surface area contributed by atoms with Crippen molar-refractivity contribution in [1.82, 2.24) is 4.98 Å². The van der Waals surface area contributed by atoms with E-state index in [2.05, 4.69) is 17.6 Å². The van der Waals surface area contributed by atoms with Crippen molar-refractivity contribution >= 4 is 18.9 Å². The minimum atomic E-state index is -4.74. The average molecular weight is 534 g/mol. The quantitative estimate of drug-likeness (QED) is 0.159. The molecule has 0 saturated heterocycles. The Morgan fingerprint density at radius 3 is 2.18 bits per heavy atom. The molecular weight excluding hydrogens is 514 g/mol. The number of hydrogen-bond acceptors (Lipinski definition) is 4. The largest absolute Gasteiger partial charge is 0.473 e. The first kappa shape index (κ1) is 23.5. The lowest BCUT2D eigenvalue weighted by Crippen LogP contribution is -2.10. The third-order valence-electron chi connectivity index (χ3n) is 8.24. The third-order valence-corrected chi connectivity index (χ3v) is 8.53. The fraction of sp³-hybridized carbons (Fsp3) is 0.200. The van der Waals surface area contributed by atoms with E-state index < -0.39 is 17.6 Å². The minimum absolute atomic E-state index is 0.0111. The number of carbonyl (C=O) groups excluding carboxylic acids is 1. The molecule has 0 aliphatic heterocycles. The Kier molecular flexibility index (Phi) is 4.90. The molecule has 1 heterocycles. The number of thiol groups is 1. The van der Waals surface area contributed by atoms with E-state index in [9.17, 15) is 22.4 Å². The van der Waals surface area contributed by atoms with Crippen LogP contribution in [-0.4, -0.2) is 11.3 Å². The number of rotatable bonds is 6. The first-order chi connectivity index (χ1) is 18.2. The molecule has 4 aliphatic rings. The molecular formula is C30H19F4NO2S. The fourth-order valence-corrected chi connectivity index (χ4v) is 6.40. The summed E-state index contributed by atoms with van der Waals surface area (Å²) in [4.78, 5) is 16.6. The smallest absolute Gasteiger partial charge is 0.417 e. The summed E-state index contributed by atoms with van der Waals surface area (Å²) < 4.78 is 62.2. The number of carbonyl (C=O) groups is 1. The SMILES string of the molecule is O=C[C@@]12C3c4cc(OCc5cc(-c6ccc(-c7ccc(S)cc7)cc6)c(C(F)(F)F)cc5F)ncc4[C@H]1[C@@H]32. The van der Waals surface area contributed by atoms with Gasteiger partial charge in [-0.05, 0) is 63.6 Å². The second kappa shape index (κ2) is 7.93. The lowest BCUT2D eigenvalue weighted by Gasteiger charge is -2.16. The third kappa shape index (κ3) is 3.35. The monoisotopic (exact) mass is 533 g/mol. The van der Waals surface area contributed by atoms with Crippen molar-refractivity contribution in [3.05, 3.63) is 101 Å². The van der Waals surface area contributed by atoms with Crippen LogP contribution in [-0.2, 0) is 17.6 Å². The average Bonchev–Trinajstić information content (AvgIpc) is 3.68. The molecule has 38 heavy (non-hydrogen) atoms. The van der Waals surface area contributed by atoms with Gasteiger partial charge in [0.25, 0.3) is 0 Å². The molecule has 4 aliphatic carbocycles. The Bertz CT molecular complexity index is 1620. The molecule has 3 nitrogen and oxygen atoms in total. The van der Waals surface area contributed by atoms with Crippen molar-refractivity contribution in [2.75, 3.05) is 0 Å². The summed E-state index contributed by atoms with van der Waals surface area (Å²) in [5.41, 5.74) is 2.70. The van der Waals surface area contributed by atoms with Gasteiger partial charge in [-0.15, -0.1) is 12.6 Å². The summed E-state index contributed by atoms with van der Waals surface area (Å²) in [7, 11) is 0. The van der Waals surface area contributed by atoms with Crippen LogP contribution in [0.5, 0.6) is 5.88 Å². The Labute approximate surface area is 220 Å². The molecule has 0 spiro atoms. The number of aldehydes is 1. The van der Waals surface area contributed by atoms with Crippen molar-refractivity contribution < 1.29 is 27.1 Å². The van der Waals surface area contributed by atoms with E-state index in [1.165, 1.54) is 6.07 Å². The van der Waals surface area contributed by atoms with E-state index in [-0.39, 0.29) is 40.9 Å². The van der Waals surface area contributed by atoms with E-state index in [1.54, 1.807) is 36.5 Å². The van der Waals surface area contributed by atoms with Crippen LogP contribution in [0.4, 0.5) is 17.6 Å². The van der Waals surface area contributed by atoms with Crippen LogP contribution in [0.2, 0.25) is 0 Å². The molecule has 0 radical (unpaired) electrons. The zero-order chi connectivity index (χ0) is 26.4. The first-order valence-corrected chi connectivity index (χ1v) is 12.6. The van der Waals surface area contributed by atoms with E-state index in [0.29, 0.717) is 17.5 Å². The van der Waals surface area contributed by atoms with Gasteiger partial charge >= 0.3 is 6.18 Å². The van der Waals surface area contributed by atoms with Crippen LogP contribution in [0, 0.1) is 17.2 Å². The molecule has 0 amide bonds. The second-order valence-electron chi connectivity index (χ2n) is 10.2. The van der Waals surface area contributed by atoms with Gasteiger partial charge in [0.1, 0.15) is 18.7 Å². The van der Waals surface area contributed by atoms with Gasteiger partial charge in [0.15, 0.2) is 0 Å². The van der Waals surface area contributed by atoms with Gasteiger partial charge in [-0.2, -0.15) is 13.2 Å².